The molecule has 0 aliphatic carbocycles. The third-order valence-electron chi connectivity index (χ3n) is 6.40. The van der Waals surface area contributed by atoms with Crippen LogP contribution in [0.5, 0.6) is 0 Å². The number of nitrogen functional groups attached to an aromatic ring is 2. The van der Waals surface area contributed by atoms with Gasteiger partial charge in [-0.15, -0.1) is 0 Å². The molecule has 0 saturated carbocycles. The maximum atomic E-state index is 12.5. The zero-order valence-corrected chi connectivity index (χ0v) is 22.6. The van der Waals surface area contributed by atoms with Gasteiger partial charge in [0.25, 0.3) is 0 Å². The zero-order chi connectivity index (χ0) is 29.8. The van der Waals surface area contributed by atoms with E-state index in [4.69, 9.17) is 15.9 Å². The first kappa shape index (κ1) is 27.0. The van der Waals surface area contributed by atoms with Gasteiger partial charge in [-0.1, -0.05) is 0 Å². The van der Waals surface area contributed by atoms with Crippen molar-refractivity contribution in [1.29, 1.82) is 0 Å². The predicted molar refractivity (Wildman–Crippen MR) is 158 cm³/mol. The molecule has 16 heteroatoms. The van der Waals surface area contributed by atoms with Crippen molar-refractivity contribution in [2.75, 3.05) is 22.1 Å². The number of nitrogens with two attached hydrogens (primary N) is 2. The van der Waals surface area contributed by atoms with E-state index in [-0.39, 0.29) is 30.5 Å². The molecule has 5 heterocycles. The Balaban J connectivity index is 0.970. The molecule has 43 heavy (non-hydrogen) atoms. The van der Waals surface area contributed by atoms with Gasteiger partial charge in [0.1, 0.15) is 29.4 Å². The first-order chi connectivity index (χ1) is 20.9. The number of furan rings is 1. The molecular weight excluding hydrogens is 554 g/mol. The number of aliphatic imine (C=N–C) groups is 1. The van der Waals surface area contributed by atoms with Gasteiger partial charge in [-0.25, -0.2) is 29.9 Å². The third kappa shape index (κ3) is 6.12. The molecule has 0 atom stereocenters. The Labute approximate surface area is 242 Å². The van der Waals surface area contributed by atoms with Crippen LogP contribution in [0.1, 0.15) is 18.6 Å². The van der Waals surface area contributed by atoms with Crippen LogP contribution in [0.4, 0.5) is 28.9 Å². The fourth-order valence-corrected chi connectivity index (χ4v) is 4.25. The normalized spacial score (nSPS) is 11.4. The summed E-state index contributed by atoms with van der Waals surface area (Å²) in [6.45, 7) is 0.747. The van der Waals surface area contributed by atoms with Gasteiger partial charge in [0, 0.05) is 37.7 Å². The number of nitrogens with one attached hydrogen (secondary N) is 2. The molecule has 0 bridgehead atoms. The van der Waals surface area contributed by atoms with Crippen molar-refractivity contribution in [3.63, 3.8) is 0 Å². The summed E-state index contributed by atoms with van der Waals surface area (Å²) < 4.78 is 9.14. The van der Waals surface area contributed by atoms with Crippen LogP contribution in [-0.4, -0.2) is 57.1 Å². The molecule has 0 fully saturated rings. The van der Waals surface area contributed by atoms with Crippen molar-refractivity contribution < 1.29 is 14.0 Å². The first-order valence-electron chi connectivity index (χ1n) is 13.1. The minimum absolute atomic E-state index is 0.165. The average Bonchev–Trinajstić information content (AvgIpc) is 3.74. The van der Waals surface area contributed by atoms with Gasteiger partial charge in [-0.05, 0) is 30.3 Å². The molecule has 0 saturated heterocycles. The number of aryl methyl sites for hydroxylation is 2. The minimum atomic E-state index is -0.239. The number of carbonyl (C=O) groups is 2. The fraction of sp³-hybridized carbons (Fsp3) is 0.148. The van der Waals surface area contributed by atoms with Crippen LogP contribution in [0.3, 0.4) is 0 Å². The van der Waals surface area contributed by atoms with Crippen LogP contribution in [0.15, 0.2) is 71.1 Å². The average molecular weight is 580 g/mol. The molecule has 216 valence electrons. The summed E-state index contributed by atoms with van der Waals surface area (Å²) >= 11 is 0. The van der Waals surface area contributed by atoms with Gasteiger partial charge < -0.3 is 30.3 Å². The molecular formula is C27H25N13O3. The molecule has 0 aliphatic rings. The zero-order valence-electron chi connectivity index (χ0n) is 22.6. The SMILES string of the molecule is Nc1ncnc2c1ncn2CCC(=O)Nc1ccc(N=Cc2ccc(NC(=O)CCn3cnc4c(N)ncnc43)o2)cc1. The molecule has 6 rings (SSSR count). The van der Waals surface area contributed by atoms with E-state index in [0.29, 0.717) is 64.3 Å². The maximum absolute atomic E-state index is 12.5. The van der Waals surface area contributed by atoms with E-state index in [1.54, 1.807) is 58.2 Å². The summed E-state index contributed by atoms with van der Waals surface area (Å²) in [6.07, 6.45) is 7.81. The summed E-state index contributed by atoms with van der Waals surface area (Å²) in [4.78, 5) is 53.9. The number of hydrogen-bond acceptors (Lipinski definition) is 12. The van der Waals surface area contributed by atoms with Crippen molar-refractivity contribution >= 4 is 69.3 Å². The number of benzene rings is 1. The van der Waals surface area contributed by atoms with Crippen LogP contribution < -0.4 is 22.1 Å². The number of hydrogen-bond donors (Lipinski definition) is 4. The van der Waals surface area contributed by atoms with Gasteiger partial charge in [-0.2, -0.15) is 0 Å². The van der Waals surface area contributed by atoms with Gasteiger partial charge in [-0.3, -0.25) is 19.9 Å². The predicted octanol–water partition coefficient (Wildman–Crippen LogP) is 2.53. The minimum Gasteiger partial charge on any atom is -0.439 e. The maximum Gasteiger partial charge on any atom is 0.228 e. The Morgan fingerprint density at radius 2 is 1.35 bits per heavy atom. The van der Waals surface area contributed by atoms with E-state index in [1.165, 1.54) is 18.9 Å². The topological polar surface area (TPSA) is 223 Å². The lowest BCUT2D eigenvalue weighted by molar-refractivity contribution is -0.117. The smallest absolute Gasteiger partial charge is 0.228 e. The largest absolute Gasteiger partial charge is 0.439 e. The molecule has 0 unspecified atom stereocenters. The number of aromatic nitrogens is 8. The summed E-state index contributed by atoms with van der Waals surface area (Å²) in [5.74, 6) is 0.935. The number of fused-ring (bicyclic) bond motifs is 2. The number of rotatable bonds is 10. The molecule has 6 aromatic rings. The monoisotopic (exact) mass is 579 g/mol. The van der Waals surface area contributed by atoms with Gasteiger partial charge in [0.2, 0.25) is 11.8 Å². The van der Waals surface area contributed by atoms with E-state index >= 15 is 0 Å². The van der Waals surface area contributed by atoms with Crippen molar-refractivity contribution in [2.45, 2.75) is 25.9 Å². The Morgan fingerprint density at radius 1 is 0.767 bits per heavy atom. The molecule has 2 amide bonds. The molecule has 0 aliphatic heterocycles. The van der Waals surface area contributed by atoms with Crippen LogP contribution in [0.25, 0.3) is 22.3 Å². The molecule has 6 N–H and O–H groups in total. The van der Waals surface area contributed by atoms with Gasteiger partial charge in [0.15, 0.2) is 28.8 Å². The van der Waals surface area contributed by atoms with E-state index in [2.05, 4.69) is 45.5 Å². The number of anilines is 4. The van der Waals surface area contributed by atoms with Gasteiger partial charge >= 0.3 is 0 Å². The van der Waals surface area contributed by atoms with Crippen molar-refractivity contribution in [3.05, 3.63) is 67.5 Å². The molecule has 0 radical (unpaired) electrons. The number of imidazole rings is 2. The highest BCUT2D eigenvalue weighted by molar-refractivity contribution is 5.91. The summed E-state index contributed by atoms with van der Waals surface area (Å²) in [6, 6.07) is 10.4. The second-order valence-corrected chi connectivity index (χ2v) is 9.34. The Kier molecular flexibility index (Phi) is 7.37. The van der Waals surface area contributed by atoms with E-state index in [9.17, 15) is 9.59 Å². The highest BCUT2D eigenvalue weighted by atomic mass is 16.4. The second-order valence-electron chi connectivity index (χ2n) is 9.34. The van der Waals surface area contributed by atoms with E-state index < -0.39 is 0 Å². The Bertz CT molecular complexity index is 1960. The van der Waals surface area contributed by atoms with Crippen LogP contribution in [0.2, 0.25) is 0 Å². The standard InChI is InChI=1S/C27H25N13O3/c28-24-22-26(33-12-31-24)39(14-35-22)9-7-19(41)37-17-3-1-16(2-4-17)30-11-18-5-6-21(43-18)38-20(42)8-10-40-15-36-23-25(29)32-13-34-27(23)40/h1-6,11-15H,7-10H2,(H,37,41)(H,38,42)(H2,28,31,33)(H2,29,32,34). The number of nitrogens with zero attached hydrogens (tertiary/aromatic N) is 9. The Morgan fingerprint density at radius 3 is 1.95 bits per heavy atom. The number of amides is 2. The highest BCUT2D eigenvalue weighted by Gasteiger charge is 2.12. The quantitative estimate of drug-likeness (QED) is 0.173. The summed E-state index contributed by atoms with van der Waals surface area (Å²) in [5.41, 5.74) is 15.0. The third-order valence-corrected chi connectivity index (χ3v) is 6.40. The first-order valence-corrected chi connectivity index (χ1v) is 13.1. The van der Waals surface area contributed by atoms with Crippen LogP contribution in [0, 0.1) is 0 Å². The Hall–Kier alpha value is -6.19. The highest BCUT2D eigenvalue weighted by Crippen LogP contribution is 2.19. The lowest BCUT2D eigenvalue weighted by Gasteiger charge is -2.06. The van der Waals surface area contributed by atoms with E-state index in [0.717, 1.165) is 0 Å². The van der Waals surface area contributed by atoms with Crippen molar-refractivity contribution in [3.8, 4) is 0 Å². The molecule has 1 aromatic carbocycles. The summed E-state index contributed by atoms with van der Waals surface area (Å²) in [7, 11) is 0. The van der Waals surface area contributed by atoms with Gasteiger partial charge in [0.05, 0.1) is 24.6 Å². The summed E-state index contributed by atoms with van der Waals surface area (Å²) in [5, 5.41) is 5.58. The van der Waals surface area contributed by atoms with Crippen LogP contribution >= 0.6 is 0 Å². The fourth-order valence-electron chi connectivity index (χ4n) is 4.25. The lowest BCUT2D eigenvalue weighted by Crippen LogP contribution is -2.14. The van der Waals surface area contributed by atoms with Crippen molar-refractivity contribution in [2.24, 2.45) is 4.99 Å². The molecule has 16 nitrogen and oxygen atoms in total. The number of carbonyl (C=O) groups excluding carboxylic acids is 2. The molecule has 5 aromatic heterocycles. The second kappa shape index (κ2) is 11.7. The molecule has 0 spiro atoms. The van der Waals surface area contributed by atoms with Crippen molar-refractivity contribution in [1.82, 2.24) is 39.0 Å². The van der Waals surface area contributed by atoms with E-state index in [1.807, 2.05) is 0 Å². The lowest BCUT2D eigenvalue weighted by atomic mass is 10.2. The van der Waals surface area contributed by atoms with Crippen LogP contribution in [-0.2, 0) is 22.7 Å².